The van der Waals surface area contributed by atoms with E-state index in [0.29, 0.717) is 0 Å². The smallest absolute Gasteiger partial charge is 0.402 e. The molecule has 0 amide bonds. The van der Waals surface area contributed by atoms with E-state index in [2.05, 4.69) is 18.6 Å². The normalized spacial score (nSPS) is 8.50. The van der Waals surface area contributed by atoms with Crippen LogP contribution < -0.4 is 0 Å². The Morgan fingerprint density at radius 2 is 1.00 bits per heavy atom. The SMILES string of the molecule is COB(O)O.COB(OC)OC. The van der Waals surface area contributed by atoms with Crippen LogP contribution in [0.1, 0.15) is 0 Å². The van der Waals surface area contributed by atoms with Crippen LogP contribution in [0.25, 0.3) is 0 Å². The van der Waals surface area contributed by atoms with Gasteiger partial charge in [0.1, 0.15) is 0 Å². The van der Waals surface area contributed by atoms with Crippen LogP contribution in [0.3, 0.4) is 0 Å². The van der Waals surface area contributed by atoms with E-state index in [1.54, 1.807) is 0 Å². The molecule has 0 fully saturated rings. The molecule has 12 heavy (non-hydrogen) atoms. The molecule has 0 spiro atoms. The van der Waals surface area contributed by atoms with Gasteiger partial charge in [0, 0.05) is 28.4 Å². The van der Waals surface area contributed by atoms with Gasteiger partial charge in [0.05, 0.1) is 0 Å². The van der Waals surface area contributed by atoms with Crippen LogP contribution in [0.5, 0.6) is 0 Å². The highest BCUT2D eigenvalue weighted by Gasteiger charge is 2.12. The molecule has 0 aromatic heterocycles. The monoisotopic (exact) mass is 180 g/mol. The molecule has 0 unspecified atom stereocenters. The lowest BCUT2D eigenvalue weighted by Crippen LogP contribution is -2.21. The largest absolute Gasteiger partial charge is 0.638 e. The van der Waals surface area contributed by atoms with Gasteiger partial charge in [0.25, 0.3) is 0 Å². The molecule has 0 aromatic carbocycles. The molecule has 0 saturated heterocycles. The maximum Gasteiger partial charge on any atom is 0.638 e. The Kier molecular flexibility index (Phi) is 13.1. The summed E-state index contributed by atoms with van der Waals surface area (Å²) in [4.78, 5) is 0. The van der Waals surface area contributed by atoms with Gasteiger partial charge in [-0.3, -0.25) is 0 Å². The average molecular weight is 180 g/mol. The van der Waals surface area contributed by atoms with Gasteiger partial charge >= 0.3 is 14.6 Å². The summed E-state index contributed by atoms with van der Waals surface area (Å²) in [6.07, 6.45) is 0. The maximum atomic E-state index is 7.69. The third kappa shape index (κ3) is 12.6. The van der Waals surface area contributed by atoms with Gasteiger partial charge in [-0.2, -0.15) is 0 Å². The van der Waals surface area contributed by atoms with Crippen molar-refractivity contribution in [3.05, 3.63) is 0 Å². The quantitative estimate of drug-likeness (QED) is 0.513. The first-order valence-electron chi connectivity index (χ1n) is 3.09. The van der Waals surface area contributed by atoms with Crippen LogP contribution in [0.15, 0.2) is 0 Å². The van der Waals surface area contributed by atoms with Crippen LogP contribution in [0, 0.1) is 0 Å². The van der Waals surface area contributed by atoms with Gasteiger partial charge in [-0.1, -0.05) is 0 Å². The lowest BCUT2D eigenvalue weighted by Gasteiger charge is -2.01. The third-order valence-electron chi connectivity index (χ3n) is 0.788. The predicted octanol–water partition coefficient (Wildman–Crippen LogP) is -1.49. The first-order valence-corrected chi connectivity index (χ1v) is 3.09. The van der Waals surface area contributed by atoms with E-state index < -0.39 is 14.6 Å². The molecule has 0 aliphatic carbocycles. The van der Waals surface area contributed by atoms with E-state index >= 15 is 0 Å². The summed E-state index contributed by atoms with van der Waals surface area (Å²) in [6, 6.07) is 0. The van der Waals surface area contributed by atoms with Gasteiger partial charge < -0.3 is 28.7 Å². The van der Waals surface area contributed by atoms with E-state index in [0.717, 1.165) is 0 Å². The molecule has 0 heterocycles. The number of rotatable bonds is 4. The lowest BCUT2D eigenvalue weighted by atomic mass is 10.2. The molecule has 0 aromatic rings. The van der Waals surface area contributed by atoms with Crippen molar-refractivity contribution in [2.75, 3.05) is 28.4 Å². The minimum Gasteiger partial charge on any atom is -0.402 e. The molecular weight excluding hydrogens is 166 g/mol. The molecule has 2 N–H and O–H groups in total. The summed E-state index contributed by atoms with van der Waals surface area (Å²) < 4.78 is 17.7. The molecular formula is C4H14B2O6. The molecule has 0 radical (unpaired) electrons. The fraction of sp³-hybridized carbons (Fsp3) is 1.00. The first-order chi connectivity index (χ1) is 5.62. The second-order valence-corrected chi connectivity index (χ2v) is 1.56. The van der Waals surface area contributed by atoms with Gasteiger partial charge in [-0.05, 0) is 0 Å². The zero-order valence-electron chi connectivity index (χ0n) is 7.68. The molecule has 0 saturated carbocycles. The van der Waals surface area contributed by atoms with Crippen LogP contribution in [-0.2, 0) is 18.6 Å². The second kappa shape index (κ2) is 10.9. The molecule has 72 valence electrons. The van der Waals surface area contributed by atoms with Gasteiger partial charge in [-0.25, -0.2) is 0 Å². The van der Waals surface area contributed by atoms with Crippen LogP contribution in [-0.4, -0.2) is 53.1 Å². The zero-order valence-corrected chi connectivity index (χ0v) is 7.68. The Morgan fingerprint density at radius 1 is 0.750 bits per heavy atom. The zero-order chi connectivity index (χ0) is 9.98. The van der Waals surface area contributed by atoms with Crippen molar-refractivity contribution < 1.29 is 28.7 Å². The molecule has 0 aliphatic rings. The van der Waals surface area contributed by atoms with Crippen LogP contribution >= 0.6 is 0 Å². The minimum absolute atomic E-state index is 0.514. The van der Waals surface area contributed by atoms with E-state index in [9.17, 15) is 0 Å². The summed E-state index contributed by atoms with van der Waals surface area (Å²) in [5.74, 6) is 0. The molecule has 0 rings (SSSR count). The summed E-state index contributed by atoms with van der Waals surface area (Å²) in [7, 11) is 3.60. The Bertz CT molecular complexity index is 72.4. The first kappa shape index (κ1) is 14.4. The Labute approximate surface area is 72.7 Å². The van der Waals surface area contributed by atoms with Crippen molar-refractivity contribution in [1.29, 1.82) is 0 Å². The van der Waals surface area contributed by atoms with E-state index in [1.165, 1.54) is 28.4 Å². The second-order valence-electron chi connectivity index (χ2n) is 1.56. The lowest BCUT2D eigenvalue weighted by molar-refractivity contribution is 0.163. The van der Waals surface area contributed by atoms with Crippen molar-refractivity contribution in [2.45, 2.75) is 0 Å². The Hall–Kier alpha value is -0.110. The topological polar surface area (TPSA) is 77.4 Å². The van der Waals surface area contributed by atoms with E-state index in [-0.39, 0.29) is 0 Å². The molecule has 0 aliphatic heterocycles. The van der Waals surface area contributed by atoms with E-state index in [4.69, 9.17) is 10.0 Å². The highest BCUT2D eigenvalue weighted by molar-refractivity contribution is 6.36. The predicted molar refractivity (Wildman–Crippen MR) is 44.0 cm³/mol. The Balaban J connectivity index is 0. The van der Waals surface area contributed by atoms with Crippen molar-refractivity contribution in [2.24, 2.45) is 0 Å². The number of hydrogen-bond donors (Lipinski definition) is 2. The Morgan fingerprint density at radius 3 is 1.00 bits per heavy atom. The third-order valence-corrected chi connectivity index (χ3v) is 0.788. The summed E-state index contributed by atoms with van der Waals surface area (Å²) in [5.41, 5.74) is 0. The molecule has 8 heteroatoms. The standard InChI is InChI=1S/C3H9BO3.CH5BO3/c1-5-4(6-2)7-3;1-5-2(3)4/h1-3H3;3-4H,1H3. The molecule has 0 bridgehead atoms. The highest BCUT2D eigenvalue weighted by Crippen LogP contribution is 1.81. The number of hydrogen-bond acceptors (Lipinski definition) is 6. The fourth-order valence-corrected chi connectivity index (χ4v) is 0.289. The highest BCUT2D eigenvalue weighted by atomic mass is 16.7. The molecule has 6 nitrogen and oxygen atoms in total. The van der Waals surface area contributed by atoms with Crippen molar-refractivity contribution >= 4 is 14.6 Å². The molecule has 0 atom stereocenters. The summed E-state index contributed by atoms with van der Waals surface area (Å²) in [6.45, 7) is 0. The van der Waals surface area contributed by atoms with Crippen LogP contribution in [0.4, 0.5) is 0 Å². The van der Waals surface area contributed by atoms with Crippen LogP contribution in [0.2, 0.25) is 0 Å². The van der Waals surface area contributed by atoms with Gasteiger partial charge in [0.2, 0.25) is 0 Å². The minimum atomic E-state index is -1.62. The average Bonchev–Trinajstić information content (AvgIpc) is 2.09. The maximum absolute atomic E-state index is 7.69. The summed E-state index contributed by atoms with van der Waals surface area (Å²) >= 11 is 0. The van der Waals surface area contributed by atoms with E-state index in [1.807, 2.05) is 0 Å². The van der Waals surface area contributed by atoms with Gasteiger partial charge in [-0.15, -0.1) is 0 Å². The van der Waals surface area contributed by atoms with Crippen molar-refractivity contribution in [3.63, 3.8) is 0 Å². The van der Waals surface area contributed by atoms with Gasteiger partial charge in [0.15, 0.2) is 0 Å². The summed E-state index contributed by atoms with van der Waals surface area (Å²) in [5, 5.41) is 15.4. The fourth-order valence-electron chi connectivity index (χ4n) is 0.289. The van der Waals surface area contributed by atoms with Crippen molar-refractivity contribution in [1.82, 2.24) is 0 Å². The van der Waals surface area contributed by atoms with Crippen molar-refractivity contribution in [3.8, 4) is 0 Å².